The van der Waals surface area contributed by atoms with Gasteiger partial charge in [0.1, 0.15) is 35.9 Å². The zero-order valence-electron chi connectivity index (χ0n) is 19.2. The lowest BCUT2D eigenvalue weighted by Crippen LogP contribution is -2.22. The first-order valence-corrected chi connectivity index (χ1v) is 12.2. The van der Waals surface area contributed by atoms with Crippen molar-refractivity contribution in [3.05, 3.63) is 65.7 Å². The maximum absolute atomic E-state index is 6.11. The summed E-state index contributed by atoms with van der Waals surface area (Å²) in [5.41, 5.74) is 4.16. The molecule has 2 heterocycles. The Labute approximate surface area is 191 Å². The van der Waals surface area contributed by atoms with Crippen LogP contribution < -0.4 is 9.47 Å². The summed E-state index contributed by atoms with van der Waals surface area (Å²) < 4.78 is 23.0. The SMILES string of the molecule is CCC(Oc1ccc(C2=CCC(c3ccc(OC(CC)C4CO4)cc3)CC2)cc1)C1CO1. The molecule has 2 aromatic carbocycles. The minimum atomic E-state index is 0.169. The number of allylic oxidation sites excluding steroid dienone is 2. The largest absolute Gasteiger partial charge is 0.488 e. The van der Waals surface area contributed by atoms with Crippen LogP contribution in [0.5, 0.6) is 11.5 Å². The lowest BCUT2D eigenvalue weighted by atomic mass is 9.83. The monoisotopic (exact) mass is 434 g/mol. The number of hydrogen-bond acceptors (Lipinski definition) is 4. The Morgan fingerprint density at radius 1 is 0.812 bits per heavy atom. The third-order valence-electron chi connectivity index (χ3n) is 6.91. The van der Waals surface area contributed by atoms with Gasteiger partial charge in [-0.25, -0.2) is 0 Å². The van der Waals surface area contributed by atoms with Crippen molar-refractivity contribution in [1.82, 2.24) is 0 Å². The highest BCUT2D eigenvalue weighted by Gasteiger charge is 2.34. The first kappa shape index (κ1) is 21.5. The average Bonchev–Trinajstić information content (AvgIpc) is 3.76. The Balaban J connectivity index is 1.16. The molecule has 32 heavy (non-hydrogen) atoms. The van der Waals surface area contributed by atoms with E-state index in [1.807, 2.05) is 0 Å². The highest BCUT2D eigenvalue weighted by Crippen LogP contribution is 2.37. The normalized spacial score (nSPS) is 26.1. The molecule has 2 fully saturated rings. The van der Waals surface area contributed by atoms with E-state index in [1.54, 1.807) is 0 Å². The maximum atomic E-state index is 6.11. The van der Waals surface area contributed by atoms with Crippen LogP contribution in [0.15, 0.2) is 54.6 Å². The minimum Gasteiger partial charge on any atom is -0.488 e. The Morgan fingerprint density at radius 3 is 1.78 bits per heavy atom. The van der Waals surface area contributed by atoms with Crippen LogP contribution in [0.25, 0.3) is 5.57 Å². The van der Waals surface area contributed by atoms with Gasteiger partial charge < -0.3 is 18.9 Å². The van der Waals surface area contributed by atoms with Gasteiger partial charge in [0.25, 0.3) is 0 Å². The molecule has 2 aromatic rings. The van der Waals surface area contributed by atoms with E-state index >= 15 is 0 Å². The van der Waals surface area contributed by atoms with Crippen molar-refractivity contribution in [3.63, 3.8) is 0 Å². The van der Waals surface area contributed by atoms with E-state index in [4.69, 9.17) is 18.9 Å². The van der Waals surface area contributed by atoms with Crippen molar-refractivity contribution in [3.8, 4) is 11.5 Å². The van der Waals surface area contributed by atoms with E-state index in [0.29, 0.717) is 5.92 Å². The van der Waals surface area contributed by atoms with Crippen LogP contribution >= 0.6 is 0 Å². The predicted molar refractivity (Wildman–Crippen MR) is 126 cm³/mol. The third-order valence-corrected chi connectivity index (χ3v) is 6.91. The van der Waals surface area contributed by atoms with E-state index in [1.165, 1.54) is 23.1 Å². The van der Waals surface area contributed by atoms with Gasteiger partial charge >= 0.3 is 0 Å². The van der Waals surface area contributed by atoms with E-state index in [-0.39, 0.29) is 24.4 Å². The summed E-state index contributed by atoms with van der Waals surface area (Å²) in [5.74, 6) is 2.46. The average molecular weight is 435 g/mol. The van der Waals surface area contributed by atoms with Crippen molar-refractivity contribution in [1.29, 1.82) is 0 Å². The van der Waals surface area contributed by atoms with Gasteiger partial charge in [0.2, 0.25) is 0 Å². The summed E-state index contributed by atoms with van der Waals surface area (Å²) in [6.45, 7) is 5.96. The summed E-state index contributed by atoms with van der Waals surface area (Å²) >= 11 is 0. The lowest BCUT2D eigenvalue weighted by molar-refractivity contribution is 0.155. The molecule has 0 spiro atoms. The van der Waals surface area contributed by atoms with Gasteiger partial charge in [-0.1, -0.05) is 44.2 Å². The molecule has 3 aliphatic rings. The summed E-state index contributed by atoms with van der Waals surface area (Å²) in [6, 6.07) is 17.3. The standard InChI is InChI=1S/C28H34O4/c1-3-25(27-17-29-27)31-23-13-9-21(10-14-23)19-5-7-20(8-6-19)22-11-15-24(16-12-22)32-26(4-2)28-18-30-28/h5,9-16,20,25-28H,3-4,6-8,17-18H2,1-2H3. The van der Waals surface area contributed by atoms with E-state index in [0.717, 1.165) is 50.4 Å². The van der Waals surface area contributed by atoms with E-state index in [9.17, 15) is 0 Å². The molecule has 4 nitrogen and oxygen atoms in total. The van der Waals surface area contributed by atoms with Crippen LogP contribution in [0.1, 0.15) is 63.0 Å². The molecule has 2 saturated heterocycles. The molecule has 0 saturated carbocycles. The quantitative estimate of drug-likeness (QED) is 0.421. The van der Waals surface area contributed by atoms with Crippen molar-refractivity contribution < 1.29 is 18.9 Å². The molecule has 2 aliphatic heterocycles. The second-order valence-corrected chi connectivity index (χ2v) is 9.17. The van der Waals surface area contributed by atoms with Gasteiger partial charge in [-0.2, -0.15) is 0 Å². The molecule has 0 amide bonds. The Hall–Kier alpha value is -2.30. The maximum Gasteiger partial charge on any atom is 0.127 e. The van der Waals surface area contributed by atoms with Gasteiger partial charge in [0.05, 0.1) is 13.2 Å². The van der Waals surface area contributed by atoms with Gasteiger partial charge in [0.15, 0.2) is 0 Å². The smallest absolute Gasteiger partial charge is 0.127 e. The second kappa shape index (κ2) is 9.68. The molecule has 5 atom stereocenters. The number of rotatable bonds is 10. The molecule has 0 aromatic heterocycles. The molecule has 5 unspecified atom stereocenters. The molecule has 1 aliphatic carbocycles. The Bertz CT molecular complexity index is 909. The number of ether oxygens (including phenoxy) is 4. The fourth-order valence-corrected chi connectivity index (χ4v) is 4.70. The minimum absolute atomic E-state index is 0.169. The van der Waals surface area contributed by atoms with Crippen molar-refractivity contribution in [2.24, 2.45) is 0 Å². The van der Waals surface area contributed by atoms with E-state index in [2.05, 4.69) is 68.5 Å². The first-order chi connectivity index (χ1) is 15.7. The Morgan fingerprint density at radius 2 is 1.34 bits per heavy atom. The zero-order valence-corrected chi connectivity index (χ0v) is 19.2. The highest BCUT2D eigenvalue weighted by molar-refractivity contribution is 5.67. The van der Waals surface area contributed by atoms with Crippen molar-refractivity contribution in [2.45, 2.75) is 76.3 Å². The van der Waals surface area contributed by atoms with Crippen LogP contribution in [-0.4, -0.2) is 37.6 Å². The zero-order chi connectivity index (χ0) is 21.9. The molecule has 0 N–H and O–H groups in total. The van der Waals surface area contributed by atoms with Crippen LogP contribution in [0.4, 0.5) is 0 Å². The van der Waals surface area contributed by atoms with Gasteiger partial charge in [-0.05, 0) is 79.0 Å². The van der Waals surface area contributed by atoms with Crippen molar-refractivity contribution in [2.75, 3.05) is 13.2 Å². The molecular weight excluding hydrogens is 400 g/mol. The highest BCUT2D eigenvalue weighted by atomic mass is 16.6. The molecule has 170 valence electrons. The molecular formula is C28H34O4. The van der Waals surface area contributed by atoms with Crippen LogP contribution in [-0.2, 0) is 9.47 Å². The van der Waals surface area contributed by atoms with Gasteiger partial charge in [-0.15, -0.1) is 0 Å². The summed E-state index contributed by atoms with van der Waals surface area (Å²) in [4.78, 5) is 0. The third kappa shape index (κ3) is 5.19. The van der Waals surface area contributed by atoms with Gasteiger partial charge in [0, 0.05) is 0 Å². The summed E-state index contributed by atoms with van der Waals surface area (Å²) in [7, 11) is 0. The summed E-state index contributed by atoms with van der Waals surface area (Å²) in [5, 5.41) is 0. The van der Waals surface area contributed by atoms with Crippen molar-refractivity contribution >= 4 is 5.57 Å². The van der Waals surface area contributed by atoms with Crippen LogP contribution in [0.2, 0.25) is 0 Å². The second-order valence-electron chi connectivity index (χ2n) is 9.17. The van der Waals surface area contributed by atoms with Gasteiger partial charge in [-0.3, -0.25) is 0 Å². The molecule has 0 radical (unpaired) electrons. The number of hydrogen-bond donors (Lipinski definition) is 0. The molecule has 5 rings (SSSR count). The topological polar surface area (TPSA) is 43.5 Å². The number of benzene rings is 2. The van der Waals surface area contributed by atoms with E-state index < -0.39 is 0 Å². The summed E-state index contributed by atoms with van der Waals surface area (Å²) in [6.07, 6.45) is 8.62. The van der Waals surface area contributed by atoms with Crippen LogP contribution in [0.3, 0.4) is 0 Å². The molecule has 0 bridgehead atoms. The predicted octanol–water partition coefficient (Wildman–Crippen LogP) is 6.15. The first-order valence-electron chi connectivity index (χ1n) is 12.2. The fourth-order valence-electron chi connectivity index (χ4n) is 4.70. The Kier molecular flexibility index (Phi) is 6.52. The molecule has 4 heteroatoms. The fraction of sp³-hybridized carbons (Fsp3) is 0.500. The number of epoxide rings is 2. The lowest BCUT2D eigenvalue weighted by Gasteiger charge is -2.23. The van der Waals surface area contributed by atoms with Crippen LogP contribution in [0, 0.1) is 0 Å².